The Kier molecular flexibility index (Phi) is 4.40. The maximum atomic E-state index is 12.0. The van der Waals surface area contributed by atoms with Crippen LogP contribution in [0.5, 0.6) is 0 Å². The number of amides is 2. The molecular weight excluding hydrogens is 316 g/mol. The molecule has 18 heavy (non-hydrogen) atoms. The number of alkyl halides is 1. The smallest absolute Gasteiger partial charge is 0.254 e. The van der Waals surface area contributed by atoms with E-state index in [-0.39, 0.29) is 17.1 Å². The van der Waals surface area contributed by atoms with Gasteiger partial charge in [-0.1, -0.05) is 15.9 Å². The van der Waals surface area contributed by atoms with E-state index in [1.165, 1.54) is 16.2 Å². The van der Waals surface area contributed by atoms with E-state index in [0.717, 1.165) is 31.2 Å². The predicted octanol–water partition coefficient (Wildman–Crippen LogP) is 2.32. The summed E-state index contributed by atoms with van der Waals surface area (Å²) in [5.41, 5.74) is 1.78. The number of aryl methyl sites for hydroxylation is 1. The zero-order valence-electron chi connectivity index (χ0n) is 10.1. The van der Waals surface area contributed by atoms with Crippen LogP contribution in [0.25, 0.3) is 0 Å². The van der Waals surface area contributed by atoms with Gasteiger partial charge in [0.1, 0.15) is 5.00 Å². The summed E-state index contributed by atoms with van der Waals surface area (Å²) in [6.45, 7) is 0. The minimum Gasteiger partial charge on any atom is -0.355 e. The van der Waals surface area contributed by atoms with Gasteiger partial charge in [-0.25, -0.2) is 0 Å². The lowest BCUT2D eigenvalue weighted by atomic mass is 9.95. The van der Waals surface area contributed by atoms with Crippen LogP contribution >= 0.6 is 27.3 Å². The average molecular weight is 331 g/mol. The topological polar surface area (TPSA) is 58.2 Å². The zero-order chi connectivity index (χ0) is 13.1. The number of thiophene rings is 1. The van der Waals surface area contributed by atoms with Gasteiger partial charge in [0, 0.05) is 11.9 Å². The van der Waals surface area contributed by atoms with Gasteiger partial charge in [0.15, 0.2) is 0 Å². The number of hydrogen-bond acceptors (Lipinski definition) is 3. The number of rotatable bonds is 3. The van der Waals surface area contributed by atoms with E-state index in [1.807, 2.05) is 0 Å². The molecule has 1 aliphatic rings. The van der Waals surface area contributed by atoms with Gasteiger partial charge in [-0.2, -0.15) is 0 Å². The number of fused-ring (bicyclic) bond motifs is 1. The molecule has 0 aromatic carbocycles. The normalized spacial score (nSPS) is 13.9. The van der Waals surface area contributed by atoms with Crippen molar-refractivity contribution in [3.63, 3.8) is 0 Å². The highest BCUT2D eigenvalue weighted by Gasteiger charge is 2.25. The van der Waals surface area contributed by atoms with Crippen LogP contribution < -0.4 is 10.6 Å². The second-order valence-electron chi connectivity index (χ2n) is 4.18. The van der Waals surface area contributed by atoms with Gasteiger partial charge in [0.05, 0.1) is 10.9 Å². The minimum absolute atomic E-state index is 0.112. The van der Waals surface area contributed by atoms with Crippen LogP contribution in [0, 0.1) is 0 Å². The zero-order valence-corrected chi connectivity index (χ0v) is 12.5. The molecule has 2 amide bonds. The average Bonchev–Trinajstić information content (AvgIpc) is 2.75. The quantitative estimate of drug-likeness (QED) is 0.835. The van der Waals surface area contributed by atoms with Gasteiger partial charge < -0.3 is 10.6 Å². The molecule has 0 saturated carbocycles. The van der Waals surface area contributed by atoms with Crippen LogP contribution in [0.3, 0.4) is 0 Å². The molecule has 0 spiro atoms. The first-order valence-corrected chi connectivity index (χ1v) is 7.83. The van der Waals surface area contributed by atoms with Crippen LogP contribution in [0.1, 0.15) is 33.6 Å². The molecule has 0 bridgehead atoms. The first-order chi connectivity index (χ1) is 8.67. The van der Waals surface area contributed by atoms with Crippen LogP contribution in [0.15, 0.2) is 0 Å². The summed E-state index contributed by atoms with van der Waals surface area (Å²) in [5, 5.41) is 6.38. The molecule has 1 aromatic heterocycles. The molecule has 6 heteroatoms. The van der Waals surface area contributed by atoms with Gasteiger partial charge >= 0.3 is 0 Å². The van der Waals surface area contributed by atoms with Crippen LogP contribution in [0.2, 0.25) is 0 Å². The molecule has 4 nitrogen and oxygen atoms in total. The highest BCUT2D eigenvalue weighted by molar-refractivity contribution is 9.09. The fraction of sp³-hybridized carbons (Fsp3) is 0.500. The van der Waals surface area contributed by atoms with E-state index < -0.39 is 0 Å². The first kappa shape index (κ1) is 13.5. The molecule has 98 valence electrons. The second kappa shape index (κ2) is 5.84. The van der Waals surface area contributed by atoms with Crippen molar-refractivity contribution in [1.29, 1.82) is 0 Å². The number of carbonyl (C=O) groups excluding carboxylic acids is 2. The summed E-state index contributed by atoms with van der Waals surface area (Å²) in [6, 6.07) is 0. The number of carbonyl (C=O) groups is 2. The Labute approximate surface area is 118 Å². The van der Waals surface area contributed by atoms with E-state index >= 15 is 0 Å². The third kappa shape index (κ3) is 2.59. The monoisotopic (exact) mass is 330 g/mol. The van der Waals surface area contributed by atoms with Crippen molar-refractivity contribution in [1.82, 2.24) is 5.32 Å². The lowest BCUT2D eigenvalue weighted by Crippen LogP contribution is -2.22. The molecule has 1 aliphatic carbocycles. The minimum atomic E-state index is -0.126. The number of halogens is 1. The SMILES string of the molecule is CNC(=O)c1c(NC(=O)CBr)sc2c1CCCC2. The number of anilines is 1. The lowest BCUT2D eigenvalue weighted by molar-refractivity contribution is -0.113. The predicted molar refractivity (Wildman–Crippen MR) is 76.8 cm³/mol. The van der Waals surface area contributed by atoms with E-state index in [4.69, 9.17) is 0 Å². The van der Waals surface area contributed by atoms with Crippen molar-refractivity contribution in [2.45, 2.75) is 25.7 Å². The summed E-state index contributed by atoms with van der Waals surface area (Å²) in [7, 11) is 1.62. The molecule has 0 atom stereocenters. The molecule has 0 aliphatic heterocycles. The van der Waals surface area contributed by atoms with Crippen molar-refractivity contribution in [3.05, 3.63) is 16.0 Å². The molecular formula is C12H15BrN2O2S. The summed E-state index contributed by atoms with van der Waals surface area (Å²) in [6.07, 6.45) is 4.21. The Morgan fingerprint density at radius 3 is 2.72 bits per heavy atom. The van der Waals surface area contributed by atoms with Gasteiger partial charge in [-0.3, -0.25) is 9.59 Å². The molecule has 2 N–H and O–H groups in total. The van der Waals surface area contributed by atoms with Crippen LogP contribution in [-0.2, 0) is 17.6 Å². The Hall–Kier alpha value is -0.880. The van der Waals surface area contributed by atoms with E-state index in [1.54, 1.807) is 7.05 Å². The maximum Gasteiger partial charge on any atom is 0.254 e. The summed E-state index contributed by atoms with van der Waals surface area (Å²) >= 11 is 4.65. The summed E-state index contributed by atoms with van der Waals surface area (Å²) in [4.78, 5) is 24.7. The number of nitrogens with one attached hydrogen (secondary N) is 2. The van der Waals surface area contributed by atoms with Gasteiger partial charge in [-0.05, 0) is 31.2 Å². The Morgan fingerprint density at radius 1 is 1.33 bits per heavy atom. The molecule has 0 fully saturated rings. The third-order valence-electron chi connectivity index (χ3n) is 3.00. The standard InChI is InChI=1S/C12H15BrN2O2S/c1-14-11(17)10-7-4-2-3-5-8(7)18-12(10)15-9(16)6-13/h2-6H2,1H3,(H,14,17)(H,15,16). The van der Waals surface area contributed by atoms with Gasteiger partial charge in [-0.15, -0.1) is 11.3 Å². The largest absolute Gasteiger partial charge is 0.355 e. The molecule has 1 aromatic rings. The van der Waals surface area contributed by atoms with E-state index in [0.29, 0.717) is 10.6 Å². The van der Waals surface area contributed by atoms with Crippen LogP contribution in [0.4, 0.5) is 5.00 Å². The molecule has 0 radical (unpaired) electrons. The fourth-order valence-electron chi connectivity index (χ4n) is 2.18. The Balaban J connectivity index is 2.41. The van der Waals surface area contributed by atoms with Crippen molar-refractivity contribution in [2.75, 3.05) is 17.7 Å². The highest BCUT2D eigenvalue weighted by atomic mass is 79.9. The highest BCUT2D eigenvalue weighted by Crippen LogP contribution is 2.38. The van der Waals surface area contributed by atoms with E-state index in [2.05, 4.69) is 26.6 Å². The molecule has 2 rings (SSSR count). The Bertz CT molecular complexity index is 485. The van der Waals surface area contributed by atoms with Crippen LogP contribution in [-0.4, -0.2) is 24.2 Å². The van der Waals surface area contributed by atoms with Gasteiger partial charge in [0.2, 0.25) is 5.91 Å². The summed E-state index contributed by atoms with van der Waals surface area (Å²) < 4.78 is 0. The maximum absolute atomic E-state index is 12.0. The van der Waals surface area contributed by atoms with Crippen molar-refractivity contribution in [2.24, 2.45) is 0 Å². The third-order valence-corrected chi connectivity index (χ3v) is 4.72. The number of hydrogen-bond donors (Lipinski definition) is 2. The molecule has 0 saturated heterocycles. The van der Waals surface area contributed by atoms with Crippen molar-refractivity contribution < 1.29 is 9.59 Å². The molecule has 0 unspecified atom stereocenters. The second-order valence-corrected chi connectivity index (χ2v) is 5.84. The van der Waals surface area contributed by atoms with Crippen molar-refractivity contribution in [3.8, 4) is 0 Å². The lowest BCUT2D eigenvalue weighted by Gasteiger charge is -2.12. The van der Waals surface area contributed by atoms with E-state index in [9.17, 15) is 9.59 Å². The van der Waals surface area contributed by atoms with Gasteiger partial charge in [0.25, 0.3) is 5.91 Å². The molecule has 1 heterocycles. The first-order valence-electron chi connectivity index (χ1n) is 5.89. The summed E-state index contributed by atoms with van der Waals surface area (Å²) in [5.74, 6) is -0.238. The van der Waals surface area contributed by atoms with Crippen molar-refractivity contribution >= 4 is 44.1 Å². The Morgan fingerprint density at radius 2 is 2.06 bits per heavy atom. The fourth-order valence-corrected chi connectivity index (χ4v) is 3.62.